The monoisotopic (exact) mass is 475 g/mol. The van der Waals surface area contributed by atoms with Gasteiger partial charge in [0.2, 0.25) is 0 Å². The second-order valence-electron chi connectivity index (χ2n) is 6.91. The van der Waals surface area contributed by atoms with E-state index in [1.54, 1.807) is 24.3 Å². The van der Waals surface area contributed by atoms with Crippen molar-refractivity contribution >= 4 is 39.9 Å². The van der Waals surface area contributed by atoms with E-state index in [9.17, 15) is 22.8 Å². The predicted molar refractivity (Wildman–Crippen MR) is 113 cm³/mol. The molecule has 2 N–H and O–H groups in total. The minimum Gasteiger partial charge on any atom is -0.476 e. The molecule has 0 saturated carbocycles. The predicted octanol–water partition coefficient (Wildman–Crippen LogP) is 4.75. The van der Waals surface area contributed by atoms with Crippen LogP contribution < -0.4 is 5.32 Å². The maximum absolute atomic E-state index is 14.1. The van der Waals surface area contributed by atoms with Gasteiger partial charge in [-0.25, -0.2) is 14.5 Å². The summed E-state index contributed by atoms with van der Waals surface area (Å²) in [6.45, 7) is 1.40. The van der Waals surface area contributed by atoms with Gasteiger partial charge >= 0.3 is 12.1 Å². The number of carboxylic acid groups (broad SMARTS) is 1. The van der Waals surface area contributed by atoms with Crippen molar-refractivity contribution in [2.24, 2.45) is 0 Å². The van der Waals surface area contributed by atoms with Gasteiger partial charge in [0.1, 0.15) is 0 Å². The Kier molecular flexibility index (Phi) is 5.50. The highest BCUT2D eigenvalue weighted by molar-refractivity contribution is 6.34. The maximum Gasteiger partial charge on any atom is 0.434 e. The highest BCUT2D eigenvalue weighted by atomic mass is 35.5. The van der Waals surface area contributed by atoms with Gasteiger partial charge in [0.05, 0.1) is 40.6 Å². The van der Waals surface area contributed by atoms with Crippen molar-refractivity contribution in [1.82, 2.24) is 19.7 Å². The van der Waals surface area contributed by atoms with Crippen molar-refractivity contribution in [2.45, 2.75) is 13.1 Å². The summed E-state index contributed by atoms with van der Waals surface area (Å²) < 4.78 is 42.8. The van der Waals surface area contributed by atoms with E-state index in [0.29, 0.717) is 15.5 Å². The van der Waals surface area contributed by atoms with Gasteiger partial charge in [-0.05, 0) is 12.5 Å². The van der Waals surface area contributed by atoms with Crippen molar-refractivity contribution < 1.29 is 27.9 Å². The number of hydrogen-bond acceptors (Lipinski definition) is 5. The number of halogens is 4. The van der Waals surface area contributed by atoms with Crippen LogP contribution in [-0.2, 0) is 6.18 Å². The molecule has 1 amide bonds. The Labute approximate surface area is 188 Å². The fourth-order valence-electron chi connectivity index (χ4n) is 3.28. The lowest BCUT2D eigenvalue weighted by atomic mass is 10.1. The first-order valence-corrected chi connectivity index (χ1v) is 9.65. The van der Waals surface area contributed by atoms with Gasteiger partial charge in [-0.3, -0.25) is 9.78 Å². The van der Waals surface area contributed by atoms with Gasteiger partial charge in [0, 0.05) is 17.0 Å². The van der Waals surface area contributed by atoms with Crippen molar-refractivity contribution in [3.05, 3.63) is 76.6 Å². The lowest BCUT2D eigenvalue weighted by molar-refractivity contribution is -0.143. The average Bonchev–Trinajstić information content (AvgIpc) is 3.22. The largest absolute Gasteiger partial charge is 0.476 e. The molecule has 0 spiro atoms. The number of carbonyl (C=O) groups excluding carboxylic acids is 1. The lowest BCUT2D eigenvalue weighted by Gasteiger charge is -2.15. The van der Waals surface area contributed by atoms with Gasteiger partial charge in [-0.15, -0.1) is 0 Å². The summed E-state index contributed by atoms with van der Waals surface area (Å²) >= 11 is 5.97. The number of carbonyl (C=O) groups is 2. The number of carboxylic acids is 1. The standard InChI is InChI=1S/C21H13ClF3N5O3/c1-10-14(8-27-17(16(10)22)20(32)33)29-19(31)13-7-28-30(18(13)21(23,24)25)15-9-26-6-11-4-2-3-5-12(11)15/h2-9H,1H3,(H,29,31)(H,32,33). The number of aromatic nitrogens is 4. The Bertz CT molecular complexity index is 1410. The molecule has 3 heterocycles. The molecule has 168 valence electrons. The van der Waals surface area contributed by atoms with Crippen molar-refractivity contribution in [3.8, 4) is 5.69 Å². The first-order valence-electron chi connectivity index (χ1n) is 9.27. The first kappa shape index (κ1) is 22.2. The van der Waals surface area contributed by atoms with Crippen molar-refractivity contribution in [3.63, 3.8) is 0 Å². The van der Waals surface area contributed by atoms with Gasteiger partial charge in [-0.1, -0.05) is 35.9 Å². The van der Waals surface area contributed by atoms with Crippen LogP contribution in [0.3, 0.4) is 0 Å². The molecule has 0 atom stereocenters. The lowest BCUT2D eigenvalue weighted by Crippen LogP contribution is -2.21. The van der Waals surface area contributed by atoms with E-state index in [-0.39, 0.29) is 22.0 Å². The molecule has 0 aliphatic carbocycles. The summed E-state index contributed by atoms with van der Waals surface area (Å²) in [7, 11) is 0. The molecular formula is C21H13ClF3N5O3. The molecule has 4 rings (SSSR count). The molecule has 0 unspecified atom stereocenters. The number of amides is 1. The fourth-order valence-corrected chi connectivity index (χ4v) is 3.51. The molecule has 0 fully saturated rings. The Morgan fingerprint density at radius 2 is 1.85 bits per heavy atom. The van der Waals surface area contributed by atoms with Crippen LogP contribution in [0.15, 0.2) is 49.1 Å². The Hall–Kier alpha value is -3.99. The smallest absolute Gasteiger partial charge is 0.434 e. The highest BCUT2D eigenvalue weighted by Gasteiger charge is 2.41. The third kappa shape index (κ3) is 3.98. The molecule has 0 saturated heterocycles. The van der Waals surface area contributed by atoms with E-state index in [0.717, 1.165) is 12.4 Å². The zero-order valence-corrected chi connectivity index (χ0v) is 17.4. The number of aromatic carboxylic acids is 1. The van der Waals surface area contributed by atoms with E-state index in [2.05, 4.69) is 20.4 Å². The first-order chi connectivity index (χ1) is 15.6. The molecule has 4 aromatic rings. The molecule has 1 aromatic carbocycles. The van der Waals surface area contributed by atoms with E-state index >= 15 is 0 Å². The summed E-state index contributed by atoms with van der Waals surface area (Å²) in [5.74, 6) is -2.50. The number of anilines is 1. The van der Waals surface area contributed by atoms with Gasteiger partial charge in [0.15, 0.2) is 11.4 Å². The van der Waals surface area contributed by atoms with Crippen molar-refractivity contribution in [1.29, 1.82) is 0 Å². The third-order valence-electron chi connectivity index (χ3n) is 4.87. The summed E-state index contributed by atoms with van der Waals surface area (Å²) in [6.07, 6.45) is -0.392. The molecule has 8 nitrogen and oxygen atoms in total. The summed E-state index contributed by atoms with van der Waals surface area (Å²) in [6, 6.07) is 6.69. The number of alkyl halides is 3. The zero-order chi connectivity index (χ0) is 23.9. The Balaban J connectivity index is 1.80. The number of hydrogen-bond donors (Lipinski definition) is 2. The van der Waals surface area contributed by atoms with Crippen LogP contribution >= 0.6 is 11.6 Å². The number of nitrogens with zero attached hydrogens (tertiary/aromatic N) is 4. The number of fused-ring (bicyclic) bond motifs is 1. The quantitative estimate of drug-likeness (QED) is 0.441. The summed E-state index contributed by atoms with van der Waals surface area (Å²) in [5, 5.41) is 16.0. The normalized spacial score (nSPS) is 11.5. The van der Waals surface area contributed by atoms with Gasteiger partial charge in [-0.2, -0.15) is 18.3 Å². The molecule has 3 aromatic heterocycles. The molecule has 33 heavy (non-hydrogen) atoms. The van der Waals surface area contributed by atoms with Gasteiger partial charge < -0.3 is 10.4 Å². The van der Waals surface area contributed by atoms with E-state index < -0.39 is 35.0 Å². The van der Waals surface area contributed by atoms with E-state index in [1.807, 2.05) is 0 Å². The third-order valence-corrected chi connectivity index (χ3v) is 5.33. The maximum atomic E-state index is 14.1. The molecule has 0 aliphatic rings. The molecule has 0 radical (unpaired) electrons. The Morgan fingerprint density at radius 3 is 2.55 bits per heavy atom. The number of nitrogens with one attached hydrogen (secondary N) is 1. The minimum atomic E-state index is -4.93. The number of rotatable bonds is 4. The van der Waals surface area contributed by atoms with Gasteiger partial charge in [0.25, 0.3) is 5.91 Å². The number of benzene rings is 1. The summed E-state index contributed by atoms with van der Waals surface area (Å²) in [5.41, 5.74) is -2.34. The highest BCUT2D eigenvalue weighted by Crippen LogP contribution is 2.35. The molecule has 0 aliphatic heterocycles. The molecule has 12 heteroatoms. The van der Waals surface area contributed by atoms with Crippen LogP contribution in [0, 0.1) is 6.92 Å². The fraction of sp³-hybridized carbons (Fsp3) is 0.0952. The minimum absolute atomic E-state index is 0.0392. The summed E-state index contributed by atoms with van der Waals surface area (Å²) in [4.78, 5) is 31.6. The number of pyridine rings is 2. The van der Waals surface area contributed by atoms with Crippen LogP contribution in [0.5, 0.6) is 0 Å². The van der Waals surface area contributed by atoms with Crippen LogP contribution in [0.2, 0.25) is 5.02 Å². The van der Waals surface area contributed by atoms with E-state index in [1.165, 1.54) is 19.3 Å². The average molecular weight is 476 g/mol. The van der Waals surface area contributed by atoms with Crippen molar-refractivity contribution in [2.75, 3.05) is 5.32 Å². The molecule has 0 bridgehead atoms. The topological polar surface area (TPSA) is 110 Å². The van der Waals surface area contributed by atoms with Crippen LogP contribution in [0.1, 0.15) is 32.1 Å². The SMILES string of the molecule is Cc1c(NC(=O)c2cnn(-c3cncc4ccccc34)c2C(F)(F)F)cnc(C(=O)O)c1Cl. The van der Waals surface area contributed by atoms with E-state index in [4.69, 9.17) is 16.7 Å². The molecular weight excluding hydrogens is 463 g/mol. The van der Waals surface area contributed by atoms with Crippen LogP contribution in [-0.4, -0.2) is 36.7 Å². The zero-order valence-electron chi connectivity index (χ0n) is 16.7. The second-order valence-corrected chi connectivity index (χ2v) is 7.29. The van der Waals surface area contributed by atoms with Crippen LogP contribution in [0.25, 0.3) is 16.5 Å². The second kappa shape index (κ2) is 8.17. The Morgan fingerprint density at radius 1 is 1.12 bits per heavy atom. The van der Waals surface area contributed by atoms with Crippen LogP contribution in [0.4, 0.5) is 18.9 Å².